The van der Waals surface area contributed by atoms with Gasteiger partial charge in [-0.3, -0.25) is 14.6 Å². The molecule has 5 aromatic rings. The number of hydrogen-bond donors (Lipinski definition) is 1. The molecule has 0 saturated heterocycles. The van der Waals surface area contributed by atoms with Crippen molar-refractivity contribution in [2.45, 2.75) is 25.9 Å². The number of nitrogens with one attached hydrogen (secondary N) is 1. The minimum Gasteiger partial charge on any atom is -0.494 e. The van der Waals surface area contributed by atoms with Crippen molar-refractivity contribution in [2.75, 3.05) is 13.2 Å². The van der Waals surface area contributed by atoms with Crippen LogP contribution in [0.15, 0.2) is 94.8 Å². The lowest BCUT2D eigenvalue weighted by Crippen LogP contribution is -2.21. The molecule has 3 aromatic heterocycles. The molecule has 0 saturated carbocycles. The fourth-order valence-electron chi connectivity index (χ4n) is 4.49. The topological polar surface area (TPSA) is 78.2 Å². The first-order chi connectivity index (χ1) is 18.1. The van der Waals surface area contributed by atoms with Crippen molar-refractivity contribution < 1.29 is 4.74 Å². The van der Waals surface area contributed by atoms with Crippen molar-refractivity contribution in [2.24, 2.45) is 7.05 Å². The monoisotopic (exact) mass is 566 g/mol. The van der Waals surface area contributed by atoms with Crippen LogP contribution >= 0.6 is 24.8 Å². The lowest BCUT2D eigenvalue weighted by Gasteiger charge is -2.10. The van der Waals surface area contributed by atoms with Crippen LogP contribution < -0.4 is 21.2 Å². The Hall–Kier alpha value is -3.65. The summed E-state index contributed by atoms with van der Waals surface area (Å²) in [7, 11) is 1.77. The second-order valence-corrected chi connectivity index (χ2v) is 9.14. The van der Waals surface area contributed by atoms with Gasteiger partial charge in [-0.05, 0) is 72.4 Å². The summed E-state index contributed by atoms with van der Waals surface area (Å²) < 4.78 is 9.29. The Balaban J connectivity index is 0.00000210. The summed E-state index contributed by atoms with van der Waals surface area (Å²) in [6, 6.07) is 22.9. The summed E-state index contributed by atoms with van der Waals surface area (Å²) in [6.07, 6.45) is 5.25. The van der Waals surface area contributed by atoms with E-state index in [2.05, 4.69) is 16.4 Å². The zero-order chi connectivity index (χ0) is 25.6. The smallest absolute Gasteiger partial charge is 0.258 e. The molecule has 0 amide bonds. The number of ether oxygens (including phenoxy) is 1. The predicted octanol–water partition coefficient (Wildman–Crippen LogP) is 4.89. The highest BCUT2D eigenvalue weighted by molar-refractivity contribution is 5.85. The van der Waals surface area contributed by atoms with Gasteiger partial charge in [0, 0.05) is 61.5 Å². The van der Waals surface area contributed by atoms with E-state index >= 15 is 0 Å². The van der Waals surface area contributed by atoms with Gasteiger partial charge in [-0.2, -0.15) is 0 Å². The number of benzene rings is 2. The lowest BCUT2D eigenvalue weighted by molar-refractivity contribution is 0.308. The maximum atomic E-state index is 12.7. The minimum absolute atomic E-state index is 0. The normalized spacial score (nSPS) is 10.7. The molecule has 0 aliphatic rings. The van der Waals surface area contributed by atoms with Crippen molar-refractivity contribution >= 4 is 46.5 Å². The molecule has 0 atom stereocenters. The van der Waals surface area contributed by atoms with E-state index < -0.39 is 0 Å². The van der Waals surface area contributed by atoms with Gasteiger partial charge in [0.15, 0.2) is 0 Å². The largest absolute Gasteiger partial charge is 0.494 e. The summed E-state index contributed by atoms with van der Waals surface area (Å²) in [5.41, 5.74) is 3.04. The highest BCUT2D eigenvalue weighted by Crippen LogP contribution is 2.19. The van der Waals surface area contributed by atoms with Gasteiger partial charge in [-0.1, -0.05) is 18.2 Å². The number of rotatable bonds is 10. The molecule has 0 aliphatic heterocycles. The van der Waals surface area contributed by atoms with Crippen LogP contribution in [-0.4, -0.2) is 27.3 Å². The molecule has 39 heavy (non-hydrogen) atoms. The van der Waals surface area contributed by atoms with Gasteiger partial charge < -0.3 is 19.2 Å². The minimum atomic E-state index is -0.0195. The summed E-state index contributed by atoms with van der Waals surface area (Å²) in [6.45, 7) is 2.77. The number of aromatic nitrogens is 3. The van der Waals surface area contributed by atoms with Crippen molar-refractivity contribution in [3.05, 3.63) is 117 Å². The first-order valence-corrected chi connectivity index (χ1v) is 12.5. The molecule has 3 heterocycles. The van der Waals surface area contributed by atoms with E-state index in [1.807, 2.05) is 73.1 Å². The van der Waals surface area contributed by atoms with Gasteiger partial charge in [-0.15, -0.1) is 24.8 Å². The Morgan fingerprint density at radius 2 is 1.77 bits per heavy atom. The Morgan fingerprint density at radius 3 is 2.64 bits per heavy atom. The van der Waals surface area contributed by atoms with Crippen molar-refractivity contribution in [1.29, 1.82) is 0 Å². The molecular formula is C30H32Cl2N4O3. The van der Waals surface area contributed by atoms with Gasteiger partial charge in [0.05, 0.1) is 12.1 Å². The molecular weight excluding hydrogens is 535 g/mol. The van der Waals surface area contributed by atoms with E-state index in [0.717, 1.165) is 58.2 Å². The molecule has 0 spiro atoms. The van der Waals surface area contributed by atoms with Gasteiger partial charge in [0.1, 0.15) is 5.75 Å². The van der Waals surface area contributed by atoms with E-state index in [9.17, 15) is 9.59 Å². The Bertz CT molecular complexity index is 1670. The zero-order valence-electron chi connectivity index (χ0n) is 21.7. The fraction of sp³-hybridized carbons (Fsp3) is 0.233. The van der Waals surface area contributed by atoms with Gasteiger partial charge in [0.25, 0.3) is 11.1 Å². The summed E-state index contributed by atoms with van der Waals surface area (Å²) in [5, 5.41) is 6.15. The van der Waals surface area contributed by atoms with Crippen molar-refractivity contribution in [1.82, 2.24) is 19.4 Å². The molecule has 9 heteroatoms. The number of pyridine rings is 3. The first-order valence-electron chi connectivity index (χ1n) is 12.5. The number of fused-ring (bicyclic) bond motifs is 2. The van der Waals surface area contributed by atoms with Crippen LogP contribution in [-0.2, 0) is 26.6 Å². The van der Waals surface area contributed by atoms with Crippen LogP contribution in [0.4, 0.5) is 0 Å². The molecule has 1 N–H and O–H groups in total. The molecule has 2 aromatic carbocycles. The lowest BCUT2D eigenvalue weighted by atomic mass is 10.1. The Kier molecular flexibility index (Phi) is 10.7. The first kappa shape index (κ1) is 29.9. The van der Waals surface area contributed by atoms with Crippen molar-refractivity contribution in [3.8, 4) is 5.75 Å². The summed E-state index contributed by atoms with van der Waals surface area (Å²) in [4.78, 5) is 29.0. The third-order valence-corrected chi connectivity index (χ3v) is 6.57. The van der Waals surface area contributed by atoms with E-state index in [-0.39, 0.29) is 35.9 Å². The molecule has 204 valence electrons. The summed E-state index contributed by atoms with van der Waals surface area (Å²) >= 11 is 0. The van der Waals surface area contributed by atoms with Crippen LogP contribution in [0.3, 0.4) is 0 Å². The molecule has 0 radical (unpaired) electrons. The highest BCUT2D eigenvalue weighted by atomic mass is 35.5. The number of hydrogen-bond acceptors (Lipinski definition) is 5. The molecule has 0 unspecified atom stereocenters. The Labute approximate surface area is 239 Å². The zero-order valence-corrected chi connectivity index (χ0v) is 23.3. The third-order valence-electron chi connectivity index (χ3n) is 6.57. The van der Waals surface area contributed by atoms with E-state index in [1.54, 1.807) is 22.2 Å². The van der Waals surface area contributed by atoms with Crippen LogP contribution in [0, 0.1) is 0 Å². The fourth-order valence-corrected chi connectivity index (χ4v) is 4.49. The molecule has 0 bridgehead atoms. The average Bonchev–Trinajstić information content (AvgIpc) is 2.93. The number of halogens is 2. The van der Waals surface area contributed by atoms with Crippen LogP contribution in [0.1, 0.15) is 17.7 Å². The highest BCUT2D eigenvalue weighted by Gasteiger charge is 2.05. The van der Waals surface area contributed by atoms with Crippen LogP contribution in [0.2, 0.25) is 0 Å². The predicted molar refractivity (Wildman–Crippen MR) is 162 cm³/mol. The second kappa shape index (κ2) is 13.9. The SMILES string of the molecule is Cl.Cl.Cn1c(=O)ccc2cc(OCCCNCc3ccnc(CCn4ccc5ccccc5c4=O)c3)ccc21. The van der Waals surface area contributed by atoms with Gasteiger partial charge in [-0.25, -0.2) is 0 Å². The standard InChI is InChI=1S/C30H30N4O3.2ClH/c1-33-28-9-8-26(20-24(28)7-10-29(33)35)37-18-4-14-31-21-22-11-15-32-25(19-22)13-17-34-16-12-23-5-2-3-6-27(23)30(34)36;;/h2-3,5-12,15-16,19-20,31H,4,13-14,17-18,21H2,1H3;2*1H. The number of nitrogens with zero attached hydrogens (tertiary/aromatic N) is 3. The van der Waals surface area contributed by atoms with Crippen LogP contribution in [0.5, 0.6) is 5.75 Å². The molecule has 5 rings (SSSR count). The third kappa shape index (κ3) is 7.26. The van der Waals surface area contributed by atoms with E-state index in [1.165, 1.54) is 0 Å². The maximum Gasteiger partial charge on any atom is 0.258 e. The average molecular weight is 568 g/mol. The van der Waals surface area contributed by atoms with E-state index in [4.69, 9.17) is 4.74 Å². The molecule has 7 nitrogen and oxygen atoms in total. The quantitative estimate of drug-likeness (QED) is 0.243. The van der Waals surface area contributed by atoms with Crippen LogP contribution in [0.25, 0.3) is 21.7 Å². The molecule has 0 fully saturated rings. The number of aryl methyl sites for hydroxylation is 3. The van der Waals surface area contributed by atoms with E-state index in [0.29, 0.717) is 19.6 Å². The summed E-state index contributed by atoms with van der Waals surface area (Å²) in [5.74, 6) is 0.801. The van der Waals surface area contributed by atoms with Gasteiger partial charge >= 0.3 is 0 Å². The second-order valence-electron chi connectivity index (χ2n) is 9.14. The molecule has 0 aliphatic carbocycles. The van der Waals surface area contributed by atoms with Gasteiger partial charge in [0.2, 0.25) is 0 Å². The Morgan fingerprint density at radius 1 is 0.923 bits per heavy atom. The van der Waals surface area contributed by atoms with Crippen molar-refractivity contribution in [3.63, 3.8) is 0 Å². The maximum absolute atomic E-state index is 12.7.